The van der Waals surface area contributed by atoms with Crippen molar-refractivity contribution in [2.24, 2.45) is 0 Å². The summed E-state index contributed by atoms with van der Waals surface area (Å²) in [5.41, 5.74) is 0.766. The number of benzene rings is 1. The zero-order valence-corrected chi connectivity index (χ0v) is 16.0. The van der Waals surface area contributed by atoms with Gasteiger partial charge in [0.2, 0.25) is 5.89 Å². The minimum absolute atomic E-state index is 0.297. The van der Waals surface area contributed by atoms with E-state index >= 15 is 0 Å². The second-order valence-electron chi connectivity index (χ2n) is 6.24. The smallest absolute Gasteiger partial charge is 0.252 e. The highest BCUT2D eigenvalue weighted by Crippen LogP contribution is 2.24. The van der Waals surface area contributed by atoms with Gasteiger partial charge in [-0.1, -0.05) is 6.07 Å². The number of thiophene rings is 1. The van der Waals surface area contributed by atoms with Crippen LogP contribution in [0.25, 0.3) is 11.3 Å². The molecule has 9 heteroatoms. The second kappa shape index (κ2) is 7.51. The zero-order chi connectivity index (χ0) is 18.9. The molecule has 0 unspecified atom stereocenters. The first-order valence-corrected chi connectivity index (χ1v) is 10.8. The first kappa shape index (κ1) is 18.3. The van der Waals surface area contributed by atoms with Gasteiger partial charge >= 0.3 is 0 Å². The molecule has 2 aromatic heterocycles. The van der Waals surface area contributed by atoms with Crippen molar-refractivity contribution in [1.29, 1.82) is 0 Å². The Kier molecular flexibility index (Phi) is 5.09. The van der Waals surface area contributed by atoms with E-state index in [1.165, 1.54) is 27.8 Å². The van der Waals surface area contributed by atoms with E-state index in [2.05, 4.69) is 9.88 Å². The molecule has 1 aliphatic rings. The van der Waals surface area contributed by atoms with Crippen LogP contribution in [-0.4, -0.2) is 48.8 Å². The van der Waals surface area contributed by atoms with Crippen LogP contribution in [0.4, 0.5) is 4.39 Å². The monoisotopic (exact) mass is 407 g/mol. The number of halogens is 1. The lowest BCUT2D eigenvalue weighted by Crippen LogP contribution is -2.48. The molecule has 1 fully saturated rings. The molecular weight excluding hydrogens is 389 g/mol. The van der Waals surface area contributed by atoms with Crippen molar-refractivity contribution >= 4 is 21.4 Å². The second-order valence-corrected chi connectivity index (χ2v) is 9.35. The summed E-state index contributed by atoms with van der Waals surface area (Å²) in [6, 6.07) is 9.43. The van der Waals surface area contributed by atoms with E-state index < -0.39 is 10.0 Å². The van der Waals surface area contributed by atoms with Crippen molar-refractivity contribution in [2.75, 3.05) is 26.2 Å². The molecule has 0 N–H and O–H groups in total. The first-order valence-electron chi connectivity index (χ1n) is 8.49. The van der Waals surface area contributed by atoms with Crippen molar-refractivity contribution < 1.29 is 17.2 Å². The van der Waals surface area contributed by atoms with Gasteiger partial charge in [0.1, 0.15) is 10.0 Å². The standard InChI is InChI=1S/C18H18FN3O3S2/c19-15-5-3-14(4-6-15)16-12-20-17(25-16)13-21-7-9-22(10-8-21)27(23,24)18-2-1-11-26-18/h1-6,11-12H,7-10,13H2. The fraction of sp³-hybridized carbons (Fsp3) is 0.278. The van der Waals surface area contributed by atoms with Gasteiger partial charge < -0.3 is 4.42 Å². The normalized spacial score (nSPS) is 16.6. The van der Waals surface area contributed by atoms with E-state index in [-0.39, 0.29) is 5.82 Å². The highest BCUT2D eigenvalue weighted by atomic mass is 32.2. The summed E-state index contributed by atoms with van der Waals surface area (Å²) in [6.45, 7) is 2.60. The fourth-order valence-electron chi connectivity index (χ4n) is 2.99. The number of aromatic nitrogens is 1. The van der Waals surface area contributed by atoms with E-state index in [0.717, 1.165) is 5.56 Å². The molecule has 0 saturated carbocycles. The SMILES string of the molecule is O=S(=O)(c1cccs1)N1CCN(Cc2ncc(-c3ccc(F)cc3)o2)CC1. The Labute approximate surface area is 160 Å². The predicted molar refractivity (Wildman–Crippen MR) is 100 cm³/mol. The summed E-state index contributed by atoms with van der Waals surface area (Å²) >= 11 is 1.24. The molecule has 27 heavy (non-hydrogen) atoms. The summed E-state index contributed by atoms with van der Waals surface area (Å²) in [4.78, 5) is 6.40. The summed E-state index contributed by atoms with van der Waals surface area (Å²) in [5, 5.41) is 1.77. The fourth-order valence-corrected chi connectivity index (χ4v) is 5.55. The number of piperazine rings is 1. The van der Waals surface area contributed by atoms with Gasteiger partial charge in [-0.3, -0.25) is 4.90 Å². The molecule has 0 aliphatic carbocycles. The maximum absolute atomic E-state index is 13.0. The Morgan fingerprint density at radius 1 is 1.11 bits per heavy atom. The van der Waals surface area contributed by atoms with Crippen LogP contribution in [-0.2, 0) is 16.6 Å². The molecule has 0 atom stereocenters. The third-order valence-electron chi connectivity index (χ3n) is 4.46. The van der Waals surface area contributed by atoms with Crippen molar-refractivity contribution in [3.8, 4) is 11.3 Å². The Balaban J connectivity index is 1.37. The van der Waals surface area contributed by atoms with Crippen molar-refractivity contribution in [3.63, 3.8) is 0 Å². The minimum atomic E-state index is -3.39. The summed E-state index contributed by atoms with van der Waals surface area (Å²) in [5.74, 6) is 0.849. The highest BCUT2D eigenvalue weighted by Gasteiger charge is 2.29. The van der Waals surface area contributed by atoms with Gasteiger partial charge in [-0.15, -0.1) is 11.3 Å². The van der Waals surface area contributed by atoms with Crippen LogP contribution in [0.2, 0.25) is 0 Å². The van der Waals surface area contributed by atoms with E-state index in [9.17, 15) is 12.8 Å². The molecule has 1 aromatic carbocycles. The van der Waals surface area contributed by atoms with Gasteiger partial charge in [0, 0.05) is 31.7 Å². The summed E-state index contributed by atoms with van der Waals surface area (Å²) in [6.07, 6.45) is 1.63. The molecule has 6 nitrogen and oxygen atoms in total. The molecular formula is C18H18FN3O3S2. The zero-order valence-electron chi connectivity index (χ0n) is 14.4. The molecule has 3 aromatic rings. The Hall–Kier alpha value is -2.07. The quantitative estimate of drug-likeness (QED) is 0.650. The van der Waals surface area contributed by atoms with Gasteiger partial charge in [0.15, 0.2) is 5.76 Å². The molecule has 0 bridgehead atoms. The Morgan fingerprint density at radius 2 is 1.85 bits per heavy atom. The third kappa shape index (κ3) is 3.96. The first-order chi connectivity index (χ1) is 13.0. The third-order valence-corrected chi connectivity index (χ3v) is 7.73. The van der Waals surface area contributed by atoms with Crippen molar-refractivity contribution in [2.45, 2.75) is 10.8 Å². The van der Waals surface area contributed by atoms with E-state index in [4.69, 9.17) is 4.42 Å². The molecule has 142 valence electrons. The van der Waals surface area contributed by atoms with Gasteiger partial charge in [-0.05, 0) is 35.7 Å². The number of hydrogen-bond donors (Lipinski definition) is 0. The molecule has 3 heterocycles. The van der Waals surface area contributed by atoms with Crippen LogP contribution in [0, 0.1) is 5.82 Å². The lowest BCUT2D eigenvalue weighted by atomic mass is 10.2. The van der Waals surface area contributed by atoms with Gasteiger partial charge in [0.05, 0.1) is 12.7 Å². The molecule has 0 spiro atoms. The molecule has 1 saturated heterocycles. The van der Waals surface area contributed by atoms with Crippen molar-refractivity contribution in [1.82, 2.24) is 14.2 Å². The maximum Gasteiger partial charge on any atom is 0.252 e. The van der Waals surface area contributed by atoms with Crippen LogP contribution in [0.15, 0.2) is 56.6 Å². The number of rotatable bonds is 5. The number of hydrogen-bond acceptors (Lipinski definition) is 6. The Morgan fingerprint density at radius 3 is 2.52 bits per heavy atom. The van der Waals surface area contributed by atoms with E-state index in [1.54, 1.807) is 35.8 Å². The molecule has 4 rings (SSSR count). The van der Waals surface area contributed by atoms with Crippen LogP contribution in [0.3, 0.4) is 0 Å². The van der Waals surface area contributed by atoms with E-state index in [1.807, 2.05) is 0 Å². The largest absolute Gasteiger partial charge is 0.439 e. The molecule has 0 amide bonds. The van der Waals surface area contributed by atoms with E-state index in [0.29, 0.717) is 48.6 Å². The molecule has 1 aliphatic heterocycles. The van der Waals surface area contributed by atoms with Crippen LogP contribution < -0.4 is 0 Å². The van der Waals surface area contributed by atoms with Crippen LogP contribution in [0.5, 0.6) is 0 Å². The summed E-state index contributed by atoms with van der Waals surface area (Å²) in [7, 11) is -3.39. The minimum Gasteiger partial charge on any atom is -0.439 e. The van der Waals surface area contributed by atoms with Gasteiger partial charge in [-0.2, -0.15) is 4.31 Å². The number of nitrogens with zero attached hydrogens (tertiary/aromatic N) is 3. The lowest BCUT2D eigenvalue weighted by molar-refractivity contribution is 0.169. The average molecular weight is 407 g/mol. The van der Waals surface area contributed by atoms with Gasteiger partial charge in [0.25, 0.3) is 10.0 Å². The summed E-state index contributed by atoms with van der Waals surface area (Å²) < 4.78 is 45.8. The van der Waals surface area contributed by atoms with Crippen molar-refractivity contribution in [3.05, 3.63) is 59.7 Å². The topological polar surface area (TPSA) is 66.7 Å². The highest BCUT2D eigenvalue weighted by molar-refractivity contribution is 7.91. The predicted octanol–water partition coefficient (Wildman–Crippen LogP) is 3.05. The number of sulfonamides is 1. The van der Waals surface area contributed by atoms with Crippen LogP contribution >= 0.6 is 11.3 Å². The Bertz CT molecular complexity index is 993. The average Bonchev–Trinajstić information content (AvgIpc) is 3.35. The lowest BCUT2D eigenvalue weighted by Gasteiger charge is -2.32. The van der Waals surface area contributed by atoms with Crippen LogP contribution in [0.1, 0.15) is 5.89 Å². The maximum atomic E-state index is 13.0. The number of oxazole rings is 1. The molecule has 0 radical (unpaired) electrons. The van der Waals surface area contributed by atoms with Gasteiger partial charge in [-0.25, -0.2) is 17.8 Å².